The molecule has 3 aromatic carbocycles. The zero-order valence-electron chi connectivity index (χ0n) is 15.2. The van der Waals surface area contributed by atoms with Crippen LogP contribution in [0, 0.1) is 0 Å². The number of rotatable bonds is 7. The van der Waals surface area contributed by atoms with Gasteiger partial charge >= 0.3 is 0 Å². The van der Waals surface area contributed by atoms with Gasteiger partial charge in [-0.3, -0.25) is 10.1 Å². The third-order valence-corrected chi connectivity index (χ3v) is 4.83. The van der Waals surface area contributed by atoms with E-state index in [4.69, 9.17) is 11.6 Å². The lowest BCUT2D eigenvalue weighted by Gasteiger charge is -2.21. The van der Waals surface area contributed by atoms with Gasteiger partial charge in [-0.2, -0.15) is 0 Å². The van der Waals surface area contributed by atoms with Crippen molar-refractivity contribution in [3.63, 3.8) is 0 Å². The summed E-state index contributed by atoms with van der Waals surface area (Å²) in [5.41, 5.74) is 3.15. The molecule has 0 aliphatic heterocycles. The molecule has 0 aliphatic carbocycles. The molecule has 0 bridgehead atoms. The molecule has 0 saturated carbocycles. The van der Waals surface area contributed by atoms with E-state index < -0.39 is 0 Å². The summed E-state index contributed by atoms with van der Waals surface area (Å²) in [5.74, 6) is -0.0701. The van der Waals surface area contributed by atoms with E-state index in [9.17, 15) is 4.79 Å². The van der Waals surface area contributed by atoms with Crippen molar-refractivity contribution in [2.45, 2.75) is 19.0 Å². The van der Waals surface area contributed by atoms with Gasteiger partial charge in [-0.05, 0) is 29.7 Å². The van der Waals surface area contributed by atoms with Gasteiger partial charge in [0.15, 0.2) is 0 Å². The van der Waals surface area contributed by atoms with Crippen LogP contribution in [0.15, 0.2) is 84.9 Å². The van der Waals surface area contributed by atoms with Gasteiger partial charge < -0.3 is 5.32 Å². The Hall–Kier alpha value is -2.62. The lowest BCUT2D eigenvalue weighted by molar-refractivity contribution is -0.121. The molecule has 1 atom stereocenters. The number of hydrogen-bond donors (Lipinski definition) is 2. The van der Waals surface area contributed by atoms with Crippen LogP contribution in [0.25, 0.3) is 0 Å². The number of carbonyl (C=O) groups is 1. The molecule has 138 valence electrons. The standard InChI is InChI=1S/C23H23ClN2O/c1-17(20-14-8-9-15-21(20)24)26-22(27)16-25-23(18-10-4-2-5-11-18)19-12-6-3-7-13-19/h2-15,17,23,25H,16H2,1H3,(H,26,27)/t17-/m1/s1. The van der Waals surface area contributed by atoms with Crippen molar-refractivity contribution in [1.82, 2.24) is 10.6 Å². The van der Waals surface area contributed by atoms with Crippen LogP contribution >= 0.6 is 11.6 Å². The minimum Gasteiger partial charge on any atom is -0.348 e. The Kier molecular flexibility index (Phi) is 6.64. The maximum atomic E-state index is 12.5. The zero-order valence-corrected chi connectivity index (χ0v) is 16.0. The molecule has 0 saturated heterocycles. The van der Waals surface area contributed by atoms with Crippen LogP contribution in [0.2, 0.25) is 5.02 Å². The largest absolute Gasteiger partial charge is 0.348 e. The van der Waals surface area contributed by atoms with Crippen molar-refractivity contribution >= 4 is 17.5 Å². The fourth-order valence-electron chi connectivity index (χ4n) is 3.11. The molecule has 0 heterocycles. The number of amides is 1. The first-order chi connectivity index (χ1) is 13.1. The summed E-state index contributed by atoms with van der Waals surface area (Å²) in [6.07, 6.45) is 0. The zero-order chi connectivity index (χ0) is 19.1. The molecule has 3 rings (SSSR count). The first kappa shape index (κ1) is 19.2. The van der Waals surface area contributed by atoms with E-state index in [1.54, 1.807) is 0 Å². The Bertz CT molecular complexity index is 828. The summed E-state index contributed by atoms with van der Waals surface area (Å²) in [6.45, 7) is 2.15. The molecule has 0 fully saturated rings. The third kappa shape index (κ3) is 5.19. The Morgan fingerprint density at radius 2 is 1.37 bits per heavy atom. The van der Waals surface area contributed by atoms with Gasteiger partial charge in [0.05, 0.1) is 18.6 Å². The average molecular weight is 379 g/mol. The lowest BCUT2D eigenvalue weighted by atomic mass is 9.99. The van der Waals surface area contributed by atoms with Crippen LogP contribution in [-0.4, -0.2) is 12.5 Å². The van der Waals surface area contributed by atoms with E-state index in [0.29, 0.717) is 5.02 Å². The molecule has 1 amide bonds. The number of halogens is 1. The molecule has 27 heavy (non-hydrogen) atoms. The Balaban J connectivity index is 1.67. The molecule has 3 aromatic rings. The van der Waals surface area contributed by atoms with Crippen LogP contribution in [0.5, 0.6) is 0 Å². The SMILES string of the molecule is C[C@@H](NC(=O)CNC(c1ccccc1)c1ccccc1)c1ccccc1Cl. The summed E-state index contributed by atoms with van der Waals surface area (Å²) < 4.78 is 0. The van der Waals surface area contributed by atoms with E-state index in [2.05, 4.69) is 34.9 Å². The highest BCUT2D eigenvalue weighted by Gasteiger charge is 2.16. The van der Waals surface area contributed by atoms with E-state index >= 15 is 0 Å². The summed E-state index contributed by atoms with van der Waals surface area (Å²) in [4.78, 5) is 12.5. The van der Waals surface area contributed by atoms with Crippen LogP contribution < -0.4 is 10.6 Å². The second-order valence-corrected chi connectivity index (χ2v) is 6.85. The predicted octanol–water partition coefficient (Wildman–Crippen LogP) is 4.90. The van der Waals surface area contributed by atoms with Crippen molar-refractivity contribution in [2.75, 3.05) is 6.54 Å². The van der Waals surface area contributed by atoms with Crippen LogP contribution in [0.1, 0.15) is 35.7 Å². The van der Waals surface area contributed by atoms with Gasteiger partial charge in [0.2, 0.25) is 5.91 Å². The van der Waals surface area contributed by atoms with Crippen LogP contribution in [0.4, 0.5) is 0 Å². The van der Waals surface area contributed by atoms with Crippen molar-refractivity contribution in [2.24, 2.45) is 0 Å². The molecule has 0 radical (unpaired) electrons. The maximum Gasteiger partial charge on any atom is 0.234 e. The minimum atomic E-state index is -0.153. The van der Waals surface area contributed by atoms with Gasteiger partial charge in [-0.1, -0.05) is 90.5 Å². The quantitative estimate of drug-likeness (QED) is 0.614. The van der Waals surface area contributed by atoms with Crippen LogP contribution in [0.3, 0.4) is 0 Å². The fourth-order valence-corrected chi connectivity index (χ4v) is 3.41. The maximum absolute atomic E-state index is 12.5. The smallest absolute Gasteiger partial charge is 0.234 e. The number of carbonyl (C=O) groups excluding carboxylic acids is 1. The normalized spacial score (nSPS) is 12.0. The average Bonchev–Trinajstić information content (AvgIpc) is 2.70. The summed E-state index contributed by atoms with van der Waals surface area (Å²) in [7, 11) is 0. The van der Waals surface area contributed by atoms with E-state index in [-0.39, 0.29) is 24.5 Å². The van der Waals surface area contributed by atoms with Crippen molar-refractivity contribution in [3.05, 3.63) is 107 Å². The number of benzene rings is 3. The molecule has 0 aromatic heterocycles. The van der Waals surface area contributed by atoms with E-state index in [1.165, 1.54) is 0 Å². The van der Waals surface area contributed by atoms with Gasteiger partial charge in [-0.25, -0.2) is 0 Å². The van der Waals surface area contributed by atoms with Crippen molar-refractivity contribution in [3.8, 4) is 0 Å². The monoisotopic (exact) mass is 378 g/mol. The molecular weight excluding hydrogens is 356 g/mol. The second-order valence-electron chi connectivity index (χ2n) is 6.45. The Morgan fingerprint density at radius 3 is 1.93 bits per heavy atom. The first-order valence-electron chi connectivity index (χ1n) is 9.02. The van der Waals surface area contributed by atoms with E-state index in [0.717, 1.165) is 16.7 Å². The fraction of sp³-hybridized carbons (Fsp3) is 0.174. The highest BCUT2D eigenvalue weighted by atomic mass is 35.5. The summed E-state index contributed by atoms with van der Waals surface area (Å²) in [6, 6.07) is 27.6. The van der Waals surface area contributed by atoms with Gasteiger partial charge in [0, 0.05) is 5.02 Å². The van der Waals surface area contributed by atoms with Gasteiger partial charge in [0.25, 0.3) is 0 Å². The highest BCUT2D eigenvalue weighted by molar-refractivity contribution is 6.31. The molecule has 3 nitrogen and oxygen atoms in total. The number of hydrogen-bond acceptors (Lipinski definition) is 2. The minimum absolute atomic E-state index is 0.0474. The molecule has 2 N–H and O–H groups in total. The third-order valence-electron chi connectivity index (χ3n) is 4.48. The topological polar surface area (TPSA) is 41.1 Å². The van der Waals surface area contributed by atoms with Gasteiger partial charge in [0.1, 0.15) is 0 Å². The Morgan fingerprint density at radius 1 is 0.852 bits per heavy atom. The van der Waals surface area contributed by atoms with Crippen LogP contribution in [-0.2, 0) is 4.79 Å². The summed E-state index contributed by atoms with van der Waals surface area (Å²) in [5, 5.41) is 7.05. The summed E-state index contributed by atoms with van der Waals surface area (Å²) >= 11 is 6.22. The highest BCUT2D eigenvalue weighted by Crippen LogP contribution is 2.23. The molecular formula is C23H23ClN2O. The second kappa shape index (κ2) is 9.36. The van der Waals surface area contributed by atoms with Crippen molar-refractivity contribution < 1.29 is 4.79 Å². The van der Waals surface area contributed by atoms with Crippen molar-refractivity contribution in [1.29, 1.82) is 0 Å². The molecule has 0 unspecified atom stereocenters. The predicted molar refractivity (Wildman–Crippen MR) is 111 cm³/mol. The Labute approximate surface area is 165 Å². The number of nitrogens with one attached hydrogen (secondary N) is 2. The molecule has 4 heteroatoms. The molecule has 0 spiro atoms. The lowest BCUT2D eigenvalue weighted by Crippen LogP contribution is -2.37. The van der Waals surface area contributed by atoms with E-state index in [1.807, 2.05) is 67.6 Å². The first-order valence-corrected chi connectivity index (χ1v) is 9.40. The molecule has 0 aliphatic rings. The van der Waals surface area contributed by atoms with Gasteiger partial charge in [-0.15, -0.1) is 0 Å².